The van der Waals surface area contributed by atoms with Gasteiger partial charge < -0.3 is 35.7 Å². The van der Waals surface area contributed by atoms with Gasteiger partial charge in [0, 0.05) is 61.6 Å². The Morgan fingerprint density at radius 1 is 1.10 bits per heavy atom. The van der Waals surface area contributed by atoms with E-state index in [1.54, 1.807) is 6.07 Å². The van der Waals surface area contributed by atoms with Crippen LogP contribution in [-0.2, 0) is 9.47 Å². The van der Waals surface area contributed by atoms with E-state index in [1.807, 2.05) is 24.3 Å². The number of nitrogens with one attached hydrogen (secondary N) is 2. The van der Waals surface area contributed by atoms with Gasteiger partial charge in [0.2, 0.25) is 5.95 Å². The third-order valence-corrected chi connectivity index (χ3v) is 9.67. The number of rotatable bonds is 10. The molecule has 0 saturated carbocycles. The van der Waals surface area contributed by atoms with Crippen molar-refractivity contribution in [1.82, 2.24) is 24.8 Å². The SMILES string of the molecule is C[C@@H]1CN(C2OC2C(=N)C=NN)CC[C@@H]1Oc1ccc(-c2ncnc(Nc3ccc(N4CCN(C5COC5)C[C@@H]4C)cc3)n2)cc1C#N. The van der Waals surface area contributed by atoms with Gasteiger partial charge in [-0.1, -0.05) is 6.92 Å². The molecule has 5 atom stereocenters. The summed E-state index contributed by atoms with van der Waals surface area (Å²) in [6.07, 6.45) is 3.08. The summed E-state index contributed by atoms with van der Waals surface area (Å²) >= 11 is 0. The van der Waals surface area contributed by atoms with Crippen molar-refractivity contribution >= 4 is 29.2 Å². The summed E-state index contributed by atoms with van der Waals surface area (Å²) in [6.45, 7) is 10.7. The van der Waals surface area contributed by atoms with Crippen molar-refractivity contribution in [2.75, 3.05) is 56.2 Å². The lowest BCUT2D eigenvalue weighted by atomic mass is 9.96. The highest BCUT2D eigenvalue weighted by Gasteiger charge is 2.48. The molecule has 0 radical (unpaired) electrons. The lowest BCUT2D eigenvalue weighted by Gasteiger charge is -2.46. The maximum atomic E-state index is 10.00. The van der Waals surface area contributed by atoms with Crippen molar-refractivity contribution in [2.24, 2.45) is 16.9 Å². The van der Waals surface area contributed by atoms with Crippen molar-refractivity contribution in [3.63, 3.8) is 0 Å². The summed E-state index contributed by atoms with van der Waals surface area (Å²) in [6, 6.07) is 17.1. The van der Waals surface area contributed by atoms with E-state index < -0.39 is 0 Å². The zero-order valence-electron chi connectivity index (χ0n) is 27.2. The van der Waals surface area contributed by atoms with Crippen LogP contribution in [0, 0.1) is 22.7 Å². The molecule has 0 bridgehead atoms. The second kappa shape index (κ2) is 13.8. The fourth-order valence-electron chi connectivity index (χ4n) is 6.84. The first-order chi connectivity index (χ1) is 23.4. The van der Waals surface area contributed by atoms with E-state index in [0.29, 0.717) is 40.7 Å². The number of hydrogen-bond donors (Lipinski definition) is 3. The van der Waals surface area contributed by atoms with Gasteiger partial charge in [0.15, 0.2) is 5.82 Å². The van der Waals surface area contributed by atoms with Crippen LogP contribution in [0.2, 0.25) is 0 Å². The number of epoxide rings is 1. The number of hydrogen-bond acceptors (Lipinski definition) is 14. The van der Waals surface area contributed by atoms with Crippen LogP contribution in [-0.4, -0.2) is 113 Å². The lowest BCUT2D eigenvalue weighted by molar-refractivity contribution is -0.0691. The van der Waals surface area contributed by atoms with E-state index in [9.17, 15) is 5.26 Å². The summed E-state index contributed by atoms with van der Waals surface area (Å²) in [7, 11) is 0. The van der Waals surface area contributed by atoms with Gasteiger partial charge in [-0.2, -0.15) is 15.3 Å². The summed E-state index contributed by atoms with van der Waals surface area (Å²) < 4.78 is 17.5. The average molecular weight is 652 g/mol. The van der Waals surface area contributed by atoms with Gasteiger partial charge in [-0.05, 0) is 55.8 Å². The quantitative estimate of drug-likeness (QED) is 0.127. The normalized spacial score (nSPS) is 26.5. The third-order valence-electron chi connectivity index (χ3n) is 9.67. The first kappa shape index (κ1) is 31.9. The molecular weight excluding hydrogens is 610 g/mol. The Kier molecular flexibility index (Phi) is 9.18. The number of nitriles is 1. The predicted octanol–water partition coefficient (Wildman–Crippen LogP) is 2.84. The standard InChI is InChI=1S/C34H41N11O3/c1-21-16-44(33-31(48-33)28(36)15-40-37)10-9-29(21)47-30-8-3-23(13-24(30)14-35)32-38-20-39-34(42-32)41-25-4-6-26(7-5-25)45-12-11-43(17-22(45)2)27-18-46-19-27/h3-8,13,15,20-22,27,29,31,33,36H,9-12,16-19,37H2,1-2H3,(H,38,39,41,42)/t21-,22+,29+,31?,33?/m1/s1. The first-order valence-electron chi connectivity index (χ1n) is 16.5. The number of anilines is 3. The topological polar surface area (TPSA) is 177 Å². The number of nitrogens with zero attached hydrogens (tertiary/aromatic N) is 8. The summed E-state index contributed by atoms with van der Waals surface area (Å²) in [5, 5.41) is 24.7. The van der Waals surface area contributed by atoms with Gasteiger partial charge >= 0.3 is 0 Å². The summed E-state index contributed by atoms with van der Waals surface area (Å²) in [5.74, 6) is 6.79. The molecule has 5 heterocycles. The molecule has 4 fully saturated rings. The van der Waals surface area contributed by atoms with Gasteiger partial charge in [0.05, 0.1) is 36.7 Å². The lowest BCUT2D eigenvalue weighted by Crippen LogP contribution is -2.59. The molecule has 4 aliphatic rings. The minimum atomic E-state index is -0.292. The molecule has 14 nitrogen and oxygen atoms in total. The fourth-order valence-corrected chi connectivity index (χ4v) is 6.84. The van der Waals surface area contributed by atoms with Crippen LogP contribution in [0.5, 0.6) is 5.75 Å². The zero-order valence-corrected chi connectivity index (χ0v) is 27.2. The molecule has 0 amide bonds. The Labute approximate surface area is 280 Å². The first-order valence-corrected chi connectivity index (χ1v) is 16.5. The van der Waals surface area contributed by atoms with Gasteiger partial charge in [-0.15, -0.1) is 0 Å². The van der Waals surface area contributed by atoms with Crippen LogP contribution in [0.3, 0.4) is 0 Å². The molecule has 2 unspecified atom stereocenters. The maximum Gasteiger partial charge on any atom is 0.230 e. The van der Waals surface area contributed by atoms with Gasteiger partial charge in [-0.3, -0.25) is 9.80 Å². The second-order valence-electron chi connectivity index (χ2n) is 13.0. The minimum Gasteiger partial charge on any atom is -0.489 e. The molecular formula is C34H41N11O3. The largest absolute Gasteiger partial charge is 0.489 e. The molecule has 48 heavy (non-hydrogen) atoms. The Hall–Kier alpha value is -4.68. The van der Waals surface area contributed by atoms with Crippen LogP contribution in [0.1, 0.15) is 25.8 Å². The van der Waals surface area contributed by atoms with Crippen molar-refractivity contribution in [3.8, 4) is 23.2 Å². The third kappa shape index (κ3) is 6.81. The highest BCUT2D eigenvalue weighted by atomic mass is 16.6. The Morgan fingerprint density at radius 2 is 1.94 bits per heavy atom. The molecule has 4 saturated heterocycles. The van der Waals surface area contributed by atoms with E-state index in [1.165, 1.54) is 18.2 Å². The van der Waals surface area contributed by atoms with E-state index in [-0.39, 0.29) is 30.1 Å². The number of likely N-dealkylation sites (tertiary alicyclic amines) is 1. The number of aromatic nitrogens is 3. The molecule has 2 aromatic carbocycles. The van der Waals surface area contributed by atoms with Crippen molar-refractivity contribution in [1.29, 1.82) is 10.7 Å². The monoisotopic (exact) mass is 651 g/mol. The second-order valence-corrected chi connectivity index (χ2v) is 13.0. The number of hydrazone groups is 1. The van der Waals surface area contributed by atoms with Crippen LogP contribution in [0.15, 0.2) is 53.9 Å². The van der Waals surface area contributed by atoms with E-state index in [2.05, 4.69) is 72.1 Å². The van der Waals surface area contributed by atoms with Crippen molar-refractivity contribution in [3.05, 3.63) is 54.4 Å². The molecule has 4 N–H and O–H groups in total. The molecule has 0 spiro atoms. The number of benzene rings is 2. The Morgan fingerprint density at radius 3 is 2.65 bits per heavy atom. The summed E-state index contributed by atoms with van der Waals surface area (Å²) in [4.78, 5) is 20.6. The number of nitrogens with two attached hydrogens (primary N) is 1. The molecule has 250 valence electrons. The van der Waals surface area contributed by atoms with Crippen molar-refractivity contribution < 1.29 is 14.2 Å². The van der Waals surface area contributed by atoms with Gasteiger partial charge in [-0.25, -0.2) is 9.97 Å². The molecule has 4 aliphatic heterocycles. The molecule has 0 aliphatic carbocycles. The highest BCUT2D eigenvalue weighted by molar-refractivity contribution is 6.31. The number of piperidine rings is 1. The molecule has 1 aromatic heterocycles. The van der Waals surface area contributed by atoms with Crippen molar-refractivity contribution in [2.45, 2.75) is 50.8 Å². The van der Waals surface area contributed by atoms with Crippen LogP contribution < -0.4 is 20.8 Å². The fraction of sp³-hybridized carbons (Fsp3) is 0.471. The predicted molar refractivity (Wildman–Crippen MR) is 182 cm³/mol. The zero-order chi connectivity index (χ0) is 33.2. The minimum absolute atomic E-state index is 0.0592. The Bertz CT molecular complexity index is 1690. The van der Waals surface area contributed by atoms with E-state index >= 15 is 0 Å². The molecule has 7 rings (SSSR count). The van der Waals surface area contributed by atoms with E-state index in [0.717, 1.165) is 58.0 Å². The van der Waals surface area contributed by atoms with Crippen LogP contribution in [0.4, 0.5) is 17.3 Å². The van der Waals surface area contributed by atoms with Crippen LogP contribution >= 0.6 is 0 Å². The van der Waals surface area contributed by atoms with Gasteiger partial charge in [0.25, 0.3) is 0 Å². The highest BCUT2D eigenvalue weighted by Crippen LogP contribution is 2.34. The molecule has 14 heteroatoms. The molecule has 3 aromatic rings. The average Bonchev–Trinajstić information content (AvgIpc) is 3.87. The van der Waals surface area contributed by atoms with Crippen LogP contribution in [0.25, 0.3) is 11.4 Å². The Balaban J connectivity index is 0.958. The van der Waals surface area contributed by atoms with E-state index in [4.69, 9.17) is 25.5 Å². The number of piperazine rings is 1. The number of ether oxygens (including phenoxy) is 3. The summed E-state index contributed by atoms with van der Waals surface area (Å²) in [5.41, 5.74) is 3.47. The smallest absolute Gasteiger partial charge is 0.230 e. The maximum absolute atomic E-state index is 10.00. The van der Waals surface area contributed by atoms with Gasteiger partial charge in [0.1, 0.15) is 36.6 Å².